The van der Waals surface area contributed by atoms with Crippen LogP contribution in [0.15, 0.2) is 78.9 Å². The Bertz CT molecular complexity index is 1230. The minimum Gasteiger partial charge on any atom is -0.379 e. The van der Waals surface area contributed by atoms with Crippen molar-refractivity contribution in [3.8, 4) is 0 Å². The molecule has 2 N–H and O–H groups in total. The van der Waals surface area contributed by atoms with Crippen LogP contribution >= 0.6 is 0 Å². The molecule has 0 unspecified atom stereocenters. The third-order valence-electron chi connectivity index (χ3n) is 8.20. The van der Waals surface area contributed by atoms with Crippen LogP contribution in [0.1, 0.15) is 53.6 Å². The number of carbonyl (C=O) groups is 2. The number of rotatable bonds is 10. The predicted octanol–water partition coefficient (Wildman–Crippen LogP) is 5.15. The SMILES string of the molecule is CC1CCN(c2ccc(NC(=O)C(c3ccccc3)c3ccccc3)cc2C(=O)NCCCN2CCOCC2)CC1. The van der Waals surface area contributed by atoms with Crippen LogP contribution in [0.25, 0.3) is 0 Å². The molecule has 0 spiro atoms. The number of anilines is 2. The van der Waals surface area contributed by atoms with E-state index in [9.17, 15) is 9.59 Å². The third-order valence-corrected chi connectivity index (χ3v) is 8.20. The summed E-state index contributed by atoms with van der Waals surface area (Å²) in [6.07, 6.45) is 3.10. The number of nitrogens with one attached hydrogen (secondary N) is 2. The molecule has 2 heterocycles. The molecule has 2 fully saturated rings. The number of benzene rings is 3. The molecule has 0 bridgehead atoms. The Morgan fingerprint density at radius 3 is 2.15 bits per heavy atom. The zero-order valence-electron chi connectivity index (χ0n) is 24.1. The molecule has 7 nitrogen and oxygen atoms in total. The van der Waals surface area contributed by atoms with Crippen molar-refractivity contribution in [3.63, 3.8) is 0 Å². The zero-order valence-corrected chi connectivity index (χ0v) is 24.1. The van der Waals surface area contributed by atoms with E-state index >= 15 is 0 Å². The quantitative estimate of drug-likeness (QED) is 0.339. The van der Waals surface area contributed by atoms with Crippen molar-refractivity contribution in [2.75, 3.05) is 62.7 Å². The summed E-state index contributed by atoms with van der Waals surface area (Å²) in [7, 11) is 0. The normalized spacial score (nSPS) is 16.5. The van der Waals surface area contributed by atoms with Gasteiger partial charge in [-0.25, -0.2) is 0 Å². The Balaban J connectivity index is 1.33. The minimum atomic E-state index is -0.460. The molecule has 0 aromatic heterocycles. The molecule has 5 rings (SSSR count). The Labute approximate surface area is 243 Å². The van der Waals surface area contributed by atoms with Gasteiger partial charge in [-0.1, -0.05) is 67.6 Å². The highest BCUT2D eigenvalue weighted by Gasteiger charge is 2.25. The van der Waals surface area contributed by atoms with Crippen LogP contribution < -0.4 is 15.5 Å². The van der Waals surface area contributed by atoms with Crippen molar-refractivity contribution >= 4 is 23.2 Å². The molecule has 2 saturated heterocycles. The van der Waals surface area contributed by atoms with Crippen molar-refractivity contribution in [3.05, 3.63) is 95.6 Å². The molecule has 0 radical (unpaired) electrons. The molecule has 0 atom stereocenters. The number of nitrogens with zero attached hydrogens (tertiary/aromatic N) is 2. The van der Waals surface area contributed by atoms with Gasteiger partial charge in [0, 0.05) is 44.1 Å². The fourth-order valence-corrected chi connectivity index (χ4v) is 5.75. The molecule has 3 aromatic rings. The predicted molar refractivity (Wildman–Crippen MR) is 165 cm³/mol. The minimum absolute atomic E-state index is 0.0978. The number of amides is 2. The maximum Gasteiger partial charge on any atom is 0.253 e. The zero-order chi connectivity index (χ0) is 28.4. The van der Waals surface area contributed by atoms with E-state index in [1.807, 2.05) is 78.9 Å². The van der Waals surface area contributed by atoms with E-state index in [0.29, 0.717) is 23.7 Å². The van der Waals surface area contributed by atoms with Crippen molar-refractivity contribution in [1.82, 2.24) is 10.2 Å². The Hall–Kier alpha value is -3.68. The smallest absolute Gasteiger partial charge is 0.253 e. The van der Waals surface area contributed by atoms with Gasteiger partial charge < -0.3 is 20.3 Å². The van der Waals surface area contributed by atoms with Gasteiger partial charge in [0.05, 0.1) is 24.7 Å². The highest BCUT2D eigenvalue weighted by atomic mass is 16.5. The molecule has 3 aromatic carbocycles. The summed E-state index contributed by atoms with van der Waals surface area (Å²) < 4.78 is 5.44. The lowest BCUT2D eigenvalue weighted by Crippen LogP contribution is -2.38. The topological polar surface area (TPSA) is 73.9 Å². The van der Waals surface area contributed by atoms with Crippen LogP contribution in [-0.2, 0) is 9.53 Å². The molecule has 0 saturated carbocycles. The fraction of sp³-hybridized carbons (Fsp3) is 0.412. The van der Waals surface area contributed by atoms with E-state index < -0.39 is 5.92 Å². The number of carbonyl (C=O) groups excluding carboxylic acids is 2. The first-order valence-electron chi connectivity index (χ1n) is 15.0. The standard InChI is InChI=1S/C34H42N4O3/c1-26-15-19-38(20-16-26)31-14-13-29(25-30(31)33(39)35-17-8-18-37-21-23-41-24-22-37)36-34(40)32(27-9-4-2-5-10-27)28-11-6-3-7-12-28/h2-7,9-14,25-26,32H,8,15-24H2,1H3,(H,35,39)(H,36,40). The summed E-state index contributed by atoms with van der Waals surface area (Å²) in [5.74, 6) is 0.00601. The Kier molecular flexibility index (Phi) is 10.0. The molecular formula is C34H42N4O3. The highest BCUT2D eigenvalue weighted by molar-refractivity contribution is 6.03. The second-order valence-electron chi connectivity index (χ2n) is 11.2. The number of hydrogen-bond donors (Lipinski definition) is 2. The Morgan fingerprint density at radius 1 is 0.878 bits per heavy atom. The summed E-state index contributed by atoms with van der Waals surface area (Å²) in [5, 5.41) is 6.27. The van der Waals surface area contributed by atoms with Gasteiger partial charge in [0.2, 0.25) is 5.91 Å². The maximum absolute atomic E-state index is 13.7. The number of hydrogen-bond acceptors (Lipinski definition) is 5. The summed E-state index contributed by atoms with van der Waals surface area (Å²) in [4.78, 5) is 32.0. The fourth-order valence-electron chi connectivity index (χ4n) is 5.75. The van der Waals surface area contributed by atoms with E-state index in [4.69, 9.17) is 4.74 Å². The molecule has 7 heteroatoms. The first-order chi connectivity index (χ1) is 20.1. The van der Waals surface area contributed by atoms with Crippen molar-refractivity contribution < 1.29 is 14.3 Å². The van der Waals surface area contributed by atoms with Gasteiger partial charge in [0.1, 0.15) is 0 Å². The summed E-state index contributed by atoms with van der Waals surface area (Å²) in [6, 6.07) is 25.4. The van der Waals surface area contributed by atoms with Gasteiger partial charge in [0.15, 0.2) is 0 Å². The average molecular weight is 555 g/mol. The van der Waals surface area contributed by atoms with E-state index in [1.54, 1.807) is 0 Å². The lowest BCUT2D eigenvalue weighted by atomic mass is 9.90. The molecule has 41 heavy (non-hydrogen) atoms. The van der Waals surface area contributed by atoms with E-state index in [0.717, 1.165) is 82.0 Å². The molecule has 2 amide bonds. The van der Waals surface area contributed by atoms with Crippen molar-refractivity contribution in [1.29, 1.82) is 0 Å². The van der Waals surface area contributed by atoms with Gasteiger partial charge in [0.25, 0.3) is 5.91 Å². The monoisotopic (exact) mass is 554 g/mol. The van der Waals surface area contributed by atoms with Crippen LogP contribution in [0.2, 0.25) is 0 Å². The molecule has 216 valence electrons. The van der Waals surface area contributed by atoms with Gasteiger partial charge >= 0.3 is 0 Å². The van der Waals surface area contributed by atoms with E-state index in [1.165, 1.54) is 0 Å². The summed E-state index contributed by atoms with van der Waals surface area (Å²) in [5.41, 5.74) is 4.02. The molecule has 2 aliphatic heterocycles. The first-order valence-corrected chi connectivity index (χ1v) is 15.0. The number of morpholine rings is 1. The van der Waals surface area contributed by atoms with Crippen LogP contribution in [0, 0.1) is 5.92 Å². The largest absolute Gasteiger partial charge is 0.379 e. The van der Waals surface area contributed by atoms with Gasteiger partial charge in [-0.05, 0) is 61.1 Å². The van der Waals surface area contributed by atoms with Crippen LogP contribution in [-0.4, -0.2) is 69.2 Å². The highest BCUT2D eigenvalue weighted by Crippen LogP contribution is 2.31. The summed E-state index contributed by atoms with van der Waals surface area (Å²) >= 11 is 0. The van der Waals surface area contributed by atoms with Gasteiger partial charge in [-0.15, -0.1) is 0 Å². The van der Waals surface area contributed by atoms with Crippen LogP contribution in [0.4, 0.5) is 11.4 Å². The lowest BCUT2D eigenvalue weighted by molar-refractivity contribution is -0.116. The van der Waals surface area contributed by atoms with Crippen molar-refractivity contribution in [2.45, 2.75) is 32.1 Å². The van der Waals surface area contributed by atoms with Gasteiger partial charge in [-0.3, -0.25) is 14.5 Å². The van der Waals surface area contributed by atoms with Gasteiger partial charge in [-0.2, -0.15) is 0 Å². The maximum atomic E-state index is 13.7. The second-order valence-corrected chi connectivity index (χ2v) is 11.2. The first kappa shape index (κ1) is 28.8. The Morgan fingerprint density at radius 2 is 1.51 bits per heavy atom. The van der Waals surface area contributed by atoms with Crippen molar-refractivity contribution in [2.24, 2.45) is 5.92 Å². The lowest BCUT2D eigenvalue weighted by Gasteiger charge is -2.33. The average Bonchev–Trinajstić information content (AvgIpc) is 3.01. The number of ether oxygens (including phenoxy) is 1. The third kappa shape index (κ3) is 7.75. The molecule has 0 aliphatic carbocycles. The summed E-state index contributed by atoms with van der Waals surface area (Å²) in [6.45, 7) is 9.12. The number of piperidine rings is 1. The molecule has 2 aliphatic rings. The van der Waals surface area contributed by atoms with E-state index in [-0.39, 0.29) is 11.8 Å². The van der Waals surface area contributed by atoms with E-state index in [2.05, 4.69) is 27.4 Å². The van der Waals surface area contributed by atoms with Crippen LogP contribution in [0.5, 0.6) is 0 Å². The molecular weight excluding hydrogens is 512 g/mol. The second kappa shape index (κ2) is 14.3. The van der Waals surface area contributed by atoms with Crippen LogP contribution in [0.3, 0.4) is 0 Å².